The van der Waals surface area contributed by atoms with Crippen LogP contribution in [0.15, 0.2) is 34.7 Å². The van der Waals surface area contributed by atoms with Crippen molar-refractivity contribution in [3.8, 4) is 0 Å². The quantitative estimate of drug-likeness (QED) is 0.939. The molecule has 2 unspecified atom stereocenters. The highest BCUT2D eigenvalue weighted by molar-refractivity contribution is 5.77. The van der Waals surface area contributed by atoms with E-state index >= 15 is 0 Å². The van der Waals surface area contributed by atoms with Crippen molar-refractivity contribution in [2.45, 2.75) is 24.9 Å². The molecule has 0 aliphatic carbocycles. The van der Waals surface area contributed by atoms with Gasteiger partial charge in [-0.05, 0) is 31.5 Å². The number of benzene rings is 1. The monoisotopic (exact) mass is 285 g/mol. The lowest BCUT2D eigenvalue weighted by molar-refractivity contribution is 0.0668. The van der Waals surface area contributed by atoms with E-state index in [1.807, 2.05) is 12.1 Å². The average Bonchev–Trinajstić information content (AvgIpc) is 3.13. The highest BCUT2D eigenvalue weighted by Gasteiger charge is 2.34. The molecule has 2 aromatic rings. The van der Waals surface area contributed by atoms with Crippen molar-refractivity contribution in [3.05, 3.63) is 36.1 Å². The molecule has 4 heteroatoms. The maximum Gasteiger partial charge on any atom is 0.134 e. The van der Waals surface area contributed by atoms with Crippen molar-refractivity contribution in [3.63, 3.8) is 0 Å². The number of rotatable bonds is 3. The summed E-state index contributed by atoms with van der Waals surface area (Å²) in [6.07, 6.45) is 2.67. The first-order valence-corrected chi connectivity index (χ1v) is 8.02. The fourth-order valence-electron chi connectivity index (χ4n) is 3.91. The zero-order valence-corrected chi connectivity index (χ0v) is 12.4. The summed E-state index contributed by atoms with van der Waals surface area (Å²) in [5, 5.41) is 1.17. The van der Waals surface area contributed by atoms with Crippen molar-refractivity contribution < 1.29 is 4.42 Å². The van der Waals surface area contributed by atoms with Gasteiger partial charge < -0.3 is 10.2 Å². The second-order valence-corrected chi connectivity index (χ2v) is 6.27. The molecule has 1 aromatic carbocycles. The van der Waals surface area contributed by atoms with Crippen molar-refractivity contribution >= 4 is 11.0 Å². The summed E-state index contributed by atoms with van der Waals surface area (Å²) in [5.41, 5.74) is 7.04. The highest BCUT2D eigenvalue weighted by Crippen LogP contribution is 2.30. The van der Waals surface area contributed by atoms with E-state index in [4.69, 9.17) is 10.2 Å². The van der Waals surface area contributed by atoms with Gasteiger partial charge in [0.05, 0.1) is 6.04 Å². The van der Waals surface area contributed by atoms with Crippen molar-refractivity contribution in [2.75, 3.05) is 32.7 Å². The third kappa shape index (κ3) is 2.37. The molecular weight excluding hydrogens is 262 g/mol. The largest absolute Gasteiger partial charge is 0.459 e. The summed E-state index contributed by atoms with van der Waals surface area (Å²) in [6, 6.07) is 11.3. The summed E-state index contributed by atoms with van der Waals surface area (Å²) in [5.74, 6) is 1.02. The van der Waals surface area contributed by atoms with Crippen molar-refractivity contribution in [1.29, 1.82) is 0 Å². The zero-order valence-electron chi connectivity index (χ0n) is 12.4. The summed E-state index contributed by atoms with van der Waals surface area (Å²) in [7, 11) is 0. The van der Waals surface area contributed by atoms with E-state index in [0.717, 1.165) is 30.5 Å². The van der Waals surface area contributed by atoms with Crippen LogP contribution in [0.4, 0.5) is 0 Å². The van der Waals surface area contributed by atoms with E-state index < -0.39 is 0 Å². The standard InChI is InChI=1S/C17H23N3O/c18-11-15(17-10-13-4-1-2-6-16(13)21-17)20-9-8-19-7-3-5-14(19)12-20/h1-2,4,6,10,14-15H,3,5,7-9,11-12,18H2. The van der Waals surface area contributed by atoms with E-state index in [2.05, 4.69) is 28.0 Å². The highest BCUT2D eigenvalue weighted by atomic mass is 16.3. The first kappa shape index (κ1) is 13.3. The number of hydrogen-bond donors (Lipinski definition) is 1. The minimum absolute atomic E-state index is 0.208. The van der Waals surface area contributed by atoms with Gasteiger partial charge in [0, 0.05) is 37.6 Å². The number of piperazine rings is 1. The topological polar surface area (TPSA) is 45.6 Å². The molecule has 2 fully saturated rings. The second kappa shape index (κ2) is 5.44. The Balaban J connectivity index is 1.59. The van der Waals surface area contributed by atoms with Crippen LogP contribution >= 0.6 is 0 Å². The number of furan rings is 1. The van der Waals surface area contributed by atoms with Crippen LogP contribution in [-0.4, -0.2) is 48.6 Å². The van der Waals surface area contributed by atoms with Gasteiger partial charge in [-0.1, -0.05) is 18.2 Å². The van der Waals surface area contributed by atoms with Crippen LogP contribution in [0.25, 0.3) is 11.0 Å². The number of para-hydroxylation sites is 1. The molecular formula is C17H23N3O. The van der Waals surface area contributed by atoms with Crippen LogP contribution in [0.3, 0.4) is 0 Å². The van der Waals surface area contributed by atoms with E-state index in [-0.39, 0.29) is 6.04 Å². The summed E-state index contributed by atoms with van der Waals surface area (Å²) < 4.78 is 6.05. The Morgan fingerprint density at radius 3 is 3.00 bits per heavy atom. The molecule has 0 saturated carbocycles. The summed E-state index contributed by atoms with van der Waals surface area (Å²) in [6.45, 7) is 5.28. The van der Waals surface area contributed by atoms with E-state index in [9.17, 15) is 0 Å². The van der Waals surface area contributed by atoms with E-state index in [1.54, 1.807) is 0 Å². The average molecular weight is 285 g/mol. The molecule has 0 radical (unpaired) electrons. The second-order valence-electron chi connectivity index (χ2n) is 6.27. The van der Waals surface area contributed by atoms with E-state index in [1.165, 1.54) is 31.3 Å². The third-order valence-corrected chi connectivity index (χ3v) is 5.06. The van der Waals surface area contributed by atoms with Gasteiger partial charge in [0.25, 0.3) is 0 Å². The molecule has 2 saturated heterocycles. The van der Waals surface area contributed by atoms with Gasteiger partial charge in [-0.3, -0.25) is 9.80 Å². The van der Waals surface area contributed by atoms with Gasteiger partial charge >= 0.3 is 0 Å². The smallest absolute Gasteiger partial charge is 0.134 e. The maximum atomic E-state index is 6.08. The molecule has 112 valence electrons. The number of fused-ring (bicyclic) bond motifs is 2. The molecule has 3 heterocycles. The number of nitrogens with two attached hydrogens (primary N) is 1. The van der Waals surface area contributed by atoms with Gasteiger partial charge in [-0.25, -0.2) is 0 Å². The molecule has 0 bridgehead atoms. The lowest BCUT2D eigenvalue weighted by Gasteiger charge is -2.40. The molecule has 0 amide bonds. The van der Waals surface area contributed by atoms with Gasteiger partial charge in [-0.2, -0.15) is 0 Å². The third-order valence-electron chi connectivity index (χ3n) is 5.06. The van der Waals surface area contributed by atoms with Gasteiger partial charge in [0.1, 0.15) is 11.3 Å². The lowest BCUT2D eigenvalue weighted by atomic mass is 10.1. The minimum atomic E-state index is 0.208. The van der Waals surface area contributed by atoms with Crippen LogP contribution < -0.4 is 5.73 Å². The molecule has 2 atom stereocenters. The predicted octanol–water partition coefficient (Wildman–Crippen LogP) is 2.21. The molecule has 4 nitrogen and oxygen atoms in total. The molecule has 21 heavy (non-hydrogen) atoms. The van der Waals surface area contributed by atoms with Crippen molar-refractivity contribution in [1.82, 2.24) is 9.80 Å². The normalized spacial score (nSPS) is 25.3. The SMILES string of the molecule is NCC(c1cc2ccccc2o1)N1CCN2CCCC2C1. The predicted molar refractivity (Wildman–Crippen MR) is 84.2 cm³/mol. The molecule has 0 spiro atoms. The number of nitrogens with zero attached hydrogens (tertiary/aromatic N) is 2. The fraction of sp³-hybridized carbons (Fsp3) is 0.529. The van der Waals surface area contributed by atoms with E-state index in [0.29, 0.717) is 6.54 Å². The van der Waals surface area contributed by atoms with Crippen LogP contribution in [0.1, 0.15) is 24.6 Å². The summed E-state index contributed by atoms with van der Waals surface area (Å²) >= 11 is 0. The van der Waals surface area contributed by atoms with Gasteiger partial charge in [0.2, 0.25) is 0 Å². The molecule has 2 aliphatic heterocycles. The van der Waals surface area contributed by atoms with Gasteiger partial charge in [-0.15, -0.1) is 0 Å². The first-order valence-electron chi connectivity index (χ1n) is 8.02. The van der Waals surface area contributed by atoms with Crippen LogP contribution in [0, 0.1) is 0 Å². The molecule has 2 N–H and O–H groups in total. The Hall–Kier alpha value is -1.36. The number of hydrogen-bond acceptors (Lipinski definition) is 4. The first-order chi connectivity index (χ1) is 10.3. The van der Waals surface area contributed by atoms with Crippen molar-refractivity contribution in [2.24, 2.45) is 5.73 Å². The van der Waals surface area contributed by atoms with Crippen LogP contribution in [0.5, 0.6) is 0 Å². The molecule has 4 rings (SSSR count). The molecule has 1 aromatic heterocycles. The van der Waals surface area contributed by atoms with Crippen LogP contribution in [0.2, 0.25) is 0 Å². The Morgan fingerprint density at radius 1 is 1.24 bits per heavy atom. The van der Waals surface area contributed by atoms with Gasteiger partial charge in [0.15, 0.2) is 0 Å². The Kier molecular flexibility index (Phi) is 3.45. The Labute approximate surface area is 125 Å². The molecule has 2 aliphatic rings. The lowest BCUT2D eigenvalue weighted by Crippen LogP contribution is -2.52. The zero-order chi connectivity index (χ0) is 14.2. The van der Waals surface area contributed by atoms with Crippen LogP contribution in [-0.2, 0) is 0 Å². The Bertz CT molecular complexity index is 590. The fourth-order valence-corrected chi connectivity index (χ4v) is 3.91. The maximum absolute atomic E-state index is 6.08. The minimum Gasteiger partial charge on any atom is -0.459 e. The summed E-state index contributed by atoms with van der Waals surface area (Å²) in [4.78, 5) is 5.15. The Morgan fingerprint density at radius 2 is 2.14 bits per heavy atom.